The largest absolute Gasteiger partial charge is 0.468 e. The minimum atomic E-state index is 0.0322. The van der Waals surface area contributed by atoms with Crippen molar-refractivity contribution in [3.63, 3.8) is 0 Å². The van der Waals surface area contributed by atoms with Gasteiger partial charge in [-0.1, -0.05) is 30.0 Å². The third-order valence-corrected chi connectivity index (χ3v) is 6.23. The van der Waals surface area contributed by atoms with Crippen molar-refractivity contribution in [2.45, 2.75) is 20.3 Å². The predicted octanol–water partition coefficient (Wildman–Crippen LogP) is 6.16. The van der Waals surface area contributed by atoms with E-state index in [1.165, 1.54) is 11.8 Å². The Hall–Kier alpha value is -2.32. The lowest BCUT2D eigenvalue weighted by atomic mass is 10.1. The van der Waals surface area contributed by atoms with Crippen molar-refractivity contribution < 1.29 is 23.7 Å². The normalized spacial score (nSPS) is 11.3. The highest BCUT2D eigenvalue weighted by atomic mass is 32.2. The van der Waals surface area contributed by atoms with Gasteiger partial charge in [-0.3, -0.25) is 4.79 Å². The van der Waals surface area contributed by atoms with E-state index in [0.29, 0.717) is 13.2 Å². The van der Waals surface area contributed by atoms with E-state index in [-0.39, 0.29) is 18.7 Å². The van der Waals surface area contributed by atoms with Gasteiger partial charge in [0.15, 0.2) is 13.6 Å². The standard InChI is InChI=1S/C25H28O5S2/c1-3-27-17-29-21-8-5-19(6-9-21)11-13-32-25(26)10-7-20-15-23(30-18-28-4-2)22-12-14-31-24(22)16-20/h5-10,12,14-16H,3-4,11,13,17-18H2,1-2H3/b10-7+. The second-order valence-electron chi connectivity index (χ2n) is 6.76. The number of thiophene rings is 1. The third kappa shape index (κ3) is 7.67. The van der Waals surface area contributed by atoms with Crippen LogP contribution in [0.3, 0.4) is 0 Å². The van der Waals surface area contributed by atoms with E-state index >= 15 is 0 Å². The van der Waals surface area contributed by atoms with Crippen molar-refractivity contribution >= 4 is 44.4 Å². The molecule has 170 valence electrons. The Morgan fingerprint density at radius 3 is 2.50 bits per heavy atom. The van der Waals surface area contributed by atoms with Crippen LogP contribution in [-0.4, -0.2) is 37.7 Å². The minimum absolute atomic E-state index is 0.0322. The van der Waals surface area contributed by atoms with Crippen molar-refractivity contribution in [1.82, 2.24) is 0 Å². The fourth-order valence-electron chi connectivity index (χ4n) is 2.89. The first kappa shape index (κ1) is 24.3. The first-order valence-electron chi connectivity index (χ1n) is 10.6. The Kier molecular flexibility index (Phi) is 10.1. The molecule has 0 amide bonds. The third-order valence-electron chi connectivity index (χ3n) is 4.54. The average molecular weight is 473 g/mol. The highest BCUT2D eigenvalue weighted by Gasteiger charge is 2.07. The van der Waals surface area contributed by atoms with Gasteiger partial charge in [0, 0.05) is 29.1 Å². The van der Waals surface area contributed by atoms with Gasteiger partial charge in [-0.15, -0.1) is 11.3 Å². The summed E-state index contributed by atoms with van der Waals surface area (Å²) in [6.07, 6.45) is 4.27. The number of fused-ring (bicyclic) bond motifs is 1. The lowest BCUT2D eigenvalue weighted by Crippen LogP contribution is -2.02. The number of ether oxygens (including phenoxy) is 4. The molecule has 0 aliphatic heterocycles. The molecule has 0 aliphatic carbocycles. The number of hydrogen-bond acceptors (Lipinski definition) is 7. The molecular formula is C25H28O5S2. The van der Waals surface area contributed by atoms with E-state index < -0.39 is 0 Å². The molecule has 0 bridgehead atoms. The van der Waals surface area contributed by atoms with E-state index in [1.54, 1.807) is 17.4 Å². The molecule has 1 aromatic heterocycles. The van der Waals surface area contributed by atoms with Gasteiger partial charge in [0.25, 0.3) is 0 Å². The van der Waals surface area contributed by atoms with E-state index in [9.17, 15) is 4.79 Å². The van der Waals surface area contributed by atoms with Gasteiger partial charge in [0.05, 0.1) is 0 Å². The molecule has 0 unspecified atom stereocenters. The molecule has 3 rings (SSSR count). The van der Waals surface area contributed by atoms with Crippen molar-refractivity contribution in [2.75, 3.05) is 32.6 Å². The Labute approximate surface area is 197 Å². The molecule has 5 nitrogen and oxygen atoms in total. The number of rotatable bonds is 13. The minimum Gasteiger partial charge on any atom is -0.468 e. The van der Waals surface area contributed by atoms with Gasteiger partial charge < -0.3 is 18.9 Å². The van der Waals surface area contributed by atoms with Crippen LogP contribution >= 0.6 is 23.1 Å². The number of aryl methyl sites for hydroxylation is 1. The Morgan fingerprint density at radius 2 is 1.75 bits per heavy atom. The van der Waals surface area contributed by atoms with Gasteiger partial charge in [-0.2, -0.15) is 0 Å². The molecule has 32 heavy (non-hydrogen) atoms. The zero-order valence-corrected chi connectivity index (χ0v) is 20.0. The molecule has 0 atom stereocenters. The topological polar surface area (TPSA) is 54.0 Å². The van der Waals surface area contributed by atoms with Crippen LogP contribution in [0.5, 0.6) is 11.5 Å². The van der Waals surface area contributed by atoms with E-state index in [4.69, 9.17) is 18.9 Å². The number of carbonyl (C=O) groups excluding carboxylic acids is 1. The summed E-state index contributed by atoms with van der Waals surface area (Å²) in [6.45, 7) is 5.56. The van der Waals surface area contributed by atoms with Crippen LogP contribution in [0.1, 0.15) is 25.0 Å². The summed E-state index contributed by atoms with van der Waals surface area (Å²) >= 11 is 2.96. The number of carbonyl (C=O) groups is 1. The van der Waals surface area contributed by atoms with Gasteiger partial charge in [-0.25, -0.2) is 0 Å². The number of thioether (sulfide) groups is 1. The van der Waals surface area contributed by atoms with Crippen LogP contribution in [0.25, 0.3) is 16.2 Å². The molecule has 0 radical (unpaired) electrons. The zero-order chi connectivity index (χ0) is 22.6. The fraction of sp³-hybridized carbons (Fsp3) is 0.320. The maximum Gasteiger partial charge on any atom is 0.212 e. The highest BCUT2D eigenvalue weighted by Crippen LogP contribution is 2.32. The summed E-state index contributed by atoms with van der Waals surface area (Å²) in [4.78, 5) is 12.3. The first-order valence-corrected chi connectivity index (χ1v) is 12.4. The van der Waals surface area contributed by atoms with Crippen molar-refractivity contribution in [1.29, 1.82) is 0 Å². The SMILES string of the molecule is CCOCOc1ccc(CCSC(=O)/C=C/c2cc(OCOCC)c3ccsc3c2)cc1. The molecule has 1 heterocycles. The molecule has 2 aromatic carbocycles. The molecule has 3 aromatic rings. The highest BCUT2D eigenvalue weighted by molar-refractivity contribution is 8.14. The molecule has 0 saturated carbocycles. The van der Waals surface area contributed by atoms with Crippen molar-refractivity contribution in [3.8, 4) is 11.5 Å². The monoisotopic (exact) mass is 472 g/mol. The fourth-order valence-corrected chi connectivity index (χ4v) is 4.44. The Balaban J connectivity index is 1.49. The van der Waals surface area contributed by atoms with Crippen LogP contribution in [0, 0.1) is 0 Å². The Morgan fingerprint density at radius 1 is 1.00 bits per heavy atom. The summed E-state index contributed by atoms with van der Waals surface area (Å²) in [5.74, 6) is 2.27. The van der Waals surface area contributed by atoms with Crippen LogP contribution in [0.15, 0.2) is 53.9 Å². The van der Waals surface area contributed by atoms with Crippen molar-refractivity contribution in [2.24, 2.45) is 0 Å². The quantitative estimate of drug-likeness (QED) is 0.169. The van der Waals surface area contributed by atoms with E-state index in [2.05, 4.69) is 6.07 Å². The summed E-state index contributed by atoms with van der Waals surface area (Å²) < 4.78 is 22.8. The maximum atomic E-state index is 12.3. The number of hydrogen-bond donors (Lipinski definition) is 0. The summed E-state index contributed by atoms with van der Waals surface area (Å²) in [7, 11) is 0. The molecular weight excluding hydrogens is 444 g/mol. The maximum absolute atomic E-state index is 12.3. The van der Waals surface area contributed by atoms with Crippen molar-refractivity contribution in [3.05, 3.63) is 65.0 Å². The van der Waals surface area contributed by atoms with Gasteiger partial charge in [-0.05, 0) is 73.2 Å². The predicted molar refractivity (Wildman–Crippen MR) is 133 cm³/mol. The van der Waals surface area contributed by atoms with Crippen LogP contribution in [0.2, 0.25) is 0 Å². The lowest BCUT2D eigenvalue weighted by Gasteiger charge is -2.08. The second kappa shape index (κ2) is 13.3. The van der Waals surface area contributed by atoms with Crippen LogP contribution in [0.4, 0.5) is 0 Å². The molecule has 0 aliphatic rings. The molecule has 7 heteroatoms. The molecule has 0 spiro atoms. The number of benzene rings is 2. The van der Waals surface area contributed by atoms with E-state index in [1.807, 2.05) is 61.7 Å². The van der Waals surface area contributed by atoms with Gasteiger partial charge >= 0.3 is 0 Å². The molecule has 0 saturated heterocycles. The summed E-state index contributed by atoms with van der Waals surface area (Å²) in [5.41, 5.74) is 2.10. The molecule has 0 N–H and O–H groups in total. The van der Waals surface area contributed by atoms with E-state index in [0.717, 1.165) is 44.9 Å². The summed E-state index contributed by atoms with van der Waals surface area (Å²) in [6, 6.07) is 13.9. The van der Waals surface area contributed by atoms with Crippen LogP contribution in [-0.2, 0) is 20.7 Å². The average Bonchev–Trinajstić information content (AvgIpc) is 3.28. The zero-order valence-electron chi connectivity index (χ0n) is 18.4. The smallest absolute Gasteiger partial charge is 0.212 e. The first-order chi connectivity index (χ1) is 15.7. The van der Waals surface area contributed by atoms with Gasteiger partial charge in [0.2, 0.25) is 5.12 Å². The second-order valence-corrected chi connectivity index (χ2v) is 8.80. The molecule has 0 fully saturated rings. The summed E-state index contributed by atoms with van der Waals surface area (Å²) in [5, 5.41) is 3.12. The van der Waals surface area contributed by atoms with Crippen LogP contribution < -0.4 is 9.47 Å². The lowest BCUT2D eigenvalue weighted by molar-refractivity contribution is -0.107. The van der Waals surface area contributed by atoms with Gasteiger partial charge in [0.1, 0.15) is 11.5 Å². The Bertz CT molecular complexity index is 1010.